The molecule has 0 saturated carbocycles. The first kappa shape index (κ1) is 13.5. The van der Waals surface area contributed by atoms with Gasteiger partial charge in [-0.15, -0.1) is 0 Å². The topological polar surface area (TPSA) is 47.1 Å². The third-order valence-electron chi connectivity index (χ3n) is 3.17. The molecule has 1 aromatic heterocycles. The quantitative estimate of drug-likeness (QED) is 0.872. The summed E-state index contributed by atoms with van der Waals surface area (Å²) < 4.78 is 11.3. The molecule has 19 heavy (non-hydrogen) atoms. The van der Waals surface area contributed by atoms with Crippen molar-refractivity contribution in [3.8, 4) is 22.8 Å². The summed E-state index contributed by atoms with van der Waals surface area (Å²) in [5, 5.41) is 0. The molecule has 0 fully saturated rings. The van der Waals surface area contributed by atoms with E-state index in [-0.39, 0.29) is 0 Å². The highest BCUT2D eigenvalue weighted by atomic mass is 32.1. The van der Waals surface area contributed by atoms with Crippen LogP contribution in [-0.4, -0.2) is 24.2 Å². The predicted molar refractivity (Wildman–Crippen MR) is 77.4 cm³/mol. The smallest absolute Gasteiger partial charge is 0.179 e. The Kier molecular flexibility index (Phi) is 3.85. The highest BCUT2D eigenvalue weighted by Crippen LogP contribution is 2.37. The number of rotatable bonds is 3. The molecule has 0 radical (unpaired) electrons. The van der Waals surface area contributed by atoms with Gasteiger partial charge in [-0.1, -0.05) is 18.3 Å². The zero-order valence-electron chi connectivity index (χ0n) is 11.4. The number of aromatic amines is 1. The number of ether oxygens (including phenoxy) is 2. The predicted octanol–water partition coefficient (Wildman–Crippen LogP) is 3.44. The summed E-state index contributed by atoms with van der Waals surface area (Å²) in [5.41, 5.74) is 3.96. The molecule has 0 aliphatic rings. The van der Waals surface area contributed by atoms with Gasteiger partial charge < -0.3 is 14.5 Å². The van der Waals surface area contributed by atoms with Crippen molar-refractivity contribution in [3.05, 3.63) is 34.2 Å². The molecular weight excluding hydrogens is 260 g/mol. The molecule has 5 heteroatoms. The summed E-state index contributed by atoms with van der Waals surface area (Å²) in [7, 11) is 3.24. The van der Waals surface area contributed by atoms with Gasteiger partial charge >= 0.3 is 0 Å². The van der Waals surface area contributed by atoms with E-state index in [1.54, 1.807) is 20.5 Å². The minimum Gasteiger partial charge on any atom is -0.496 e. The first-order valence-corrected chi connectivity index (χ1v) is 6.27. The second-order valence-corrected chi connectivity index (χ2v) is 4.59. The molecule has 1 aromatic carbocycles. The zero-order chi connectivity index (χ0) is 14.0. The van der Waals surface area contributed by atoms with E-state index in [0.717, 1.165) is 22.6 Å². The normalized spacial score (nSPS) is 10.3. The van der Waals surface area contributed by atoms with Gasteiger partial charge in [0.15, 0.2) is 10.4 Å². The fraction of sp³-hybridized carbons (Fsp3) is 0.286. The third kappa shape index (κ3) is 2.33. The van der Waals surface area contributed by atoms with Crippen LogP contribution in [0.15, 0.2) is 18.5 Å². The van der Waals surface area contributed by atoms with E-state index in [2.05, 4.69) is 9.97 Å². The van der Waals surface area contributed by atoms with Crippen molar-refractivity contribution in [2.45, 2.75) is 13.8 Å². The van der Waals surface area contributed by atoms with Crippen molar-refractivity contribution in [1.82, 2.24) is 9.97 Å². The Bertz CT molecular complexity index is 665. The van der Waals surface area contributed by atoms with E-state index >= 15 is 0 Å². The molecule has 0 aliphatic carbocycles. The molecule has 100 valence electrons. The van der Waals surface area contributed by atoms with Crippen LogP contribution in [-0.2, 0) is 0 Å². The van der Waals surface area contributed by atoms with Crippen LogP contribution in [0, 0.1) is 18.5 Å². The molecule has 2 aromatic rings. The van der Waals surface area contributed by atoms with Crippen molar-refractivity contribution >= 4 is 12.2 Å². The monoisotopic (exact) mass is 276 g/mol. The number of aryl methyl sites for hydroxylation is 1. The molecule has 1 N–H and O–H groups in total. The Morgan fingerprint density at radius 3 is 2.42 bits per heavy atom. The Morgan fingerprint density at radius 2 is 1.79 bits per heavy atom. The number of hydrogen-bond acceptors (Lipinski definition) is 4. The Morgan fingerprint density at radius 1 is 1.11 bits per heavy atom. The van der Waals surface area contributed by atoms with E-state index in [9.17, 15) is 0 Å². The summed E-state index contributed by atoms with van der Waals surface area (Å²) in [6.07, 6.45) is 1.56. The van der Waals surface area contributed by atoms with E-state index in [1.165, 1.54) is 5.56 Å². The molecule has 0 bridgehead atoms. The van der Waals surface area contributed by atoms with Gasteiger partial charge in [0.05, 0.1) is 26.2 Å². The lowest BCUT2D eigenvalue weighted by Gasteiger charge is -2.15. The van der Waals surface area contributed by atoms with E-state index < -0.39 is 0 Å². The summed E-state index contributed by atoms with van der Waals surface area (Å²) in [4.78, 5) is 7.11. The van der Waals surface area contributed by atoms with Gasteiger partial charge in [-0.05, 0) is 31.0 Å². The number of methoxy groups -OCH3 is 2. The van der Waals surface area contributed by atoms with Crippen LogP contribution in [0.1, 0.15) is 11.1 Å². The minimum absolute atomic E-state index is 0.427. The molecule has 0 aliphatic heterocycles. The standard InChI is InChI=1S/C14H16N2O2S/c1-8-5-6-10(12(17-3)9(8)2)11-13(18-4)14(19)16-7-15-11/h5-7H,1-4H3,(H,15,16,19). The zero-order valence-corrected chi connectivity index (χ0v) is 12.2. The maximum atomic E-state index is 5.52. The number of aromatic nitrogens is 2. The maximum absolute atomic E-state index is 5.52. The second-order valence-electron chi connectivity index (χ2n) is 4.20. The number of hydrogen-bond donors (Lipinski definition) is 1. The molecule has 0 saturated heterocycles. The summed E-state index contributed by atoms with van der Waals surface area (Å²) in [6, 6.07) is 4.04. The molecule has 2 rings (SSSR count). The van der Waals surface area contributed by atoms with Crippen LogP contribution in [0.5, 0.6) is 11.5 Å². The van der Waals surface area contributed by atoms with Crippen LogP contribution in [0.4, 0.5) is 0 Å². The Hall–Kier alpha value is -1.88. The average molecular weight is 276 g/mol. The second kappa shape index (κ2) is 5.40. The maximum Gasteiger partial charge on any atom is 0.179 e. The van der Waals surface area contributed by atoms with E-state index in [1.807, 2.05) is 26.0 Å². The largest absolute Gasteiger partial charge is 0.496 e. The van der Waals surface area contributed by atoms with Crippen LogP contribution in [0.3, 0.4) is 0 Å². The summed E-state index contributed by atoms with van der Waals surface area (Å²) in [6.45, 7) is 4.08. The van der Waals surface area contributed by atoms with Crippen LogP contribution in [0.2, 0.25) is 0 Å². The first-order valence-electron chi connectivity index (χ1n) is 5.86. The highest BCUT2D eigenvalue weighted by Gasteiger charge is 2.15. The third-order valence-corrected chi connectivity index (χ3v) is 3.46. The van der Waals surface area contributed by atoms with E-state index in [0.29, 0.717) is 10.4 Å². The van der Waals surface area contributed by atoms with E-state index in [4.69, 9.17) is 21.7 Å². The first-order chi connectivity index (χ1) is 9.10. The summed E-state index contributed by atoms with van der Waals surface area (Å²) >= 11 is 5.18. The van der Waals surface area contributed by atoms with Crippen LogP contribution in [0.25, 0.3) is 11.3 Å². The fourth-order valence-electron chi connectivity index (χ4n) is 2.03. The molecule has 0 spiro atoms. The van der Waals surface area contributed by atoms with Gasteiger partial charge in [0.2, 0.25) is 0 Å². The summed E-state index contributed by atoms with van der Waals surface area (Å²) in [5.74, 6) is 1.37. The van der Waals surface area contributed by atoms with Gasteiger partial charge in [0, 0.05) is 5.56 Å². The fourth-order valence-corrected chi connectivity index (χ4v) is 2.26. The Balaban J connectivity index is 2.76. The molecule has 0 atom stereocenters. The molecule has 0 amide bonds. The van der Waals surface area contributed by atoms with Gasteiger partial charge in [-0.25, -0.2) is 4.98 Å². The number of benzene rings is 1. The minimum atomic E-state index is 0.427. The number of nitrogens with zero attached hydrogens (tertiary/aromatic N) is 1. The lowest BCUT2D eigenvalue weighted by Crippen LogP contribution is -1.98. The van der Waals surface area contributed by atoms with Gasteiger partial charge in [-0.2, -0.15) is 0 Å². The molecule has 1 heterocycles. The Labute approximate surface area is 117 Å². The van der Waals surface area contributed by atoms with Gasteiger partial charge in [-0.3, -0.25) is 0 Å². The van der Waals surface area contributed by atoms with Crippen molar-refractivity contribution in [2.75, 3.05) is 14.2 Å². The van der Waals surface area contributed by atoms with Crippen molar-refractivity contribution < 1.29 is 9.47 Å². The van der Waals surface area contributed by atoms with Crippen molar-refractivity contribution in [1.29, 1.82) is 0 Å². The van der Waals surface area contributed by atoms with Crippen molar-refractivity contribution in [3.63, 3.8) is 0 Å². The molecular formula is C14H16N2O2S. The molecule has 4 nitrogen and oxygen atoms in total. The van der Waals surface area contributed by atoms with Crippen LogP contribution >= 0.6 is 12.2 Å². The lowest BCUT2D eigenvalue weighted by atomic mass is 10.0. The SMILES string of the molecule is COc1c(-c2[nH]cnc(=S)c2OC)ccc(C)c1C. The average Bonchev–Trinajstić information content (AvgIpc) is 2.41. The van der Waals surface area contributed by atoms with Crippen molar-refractivity contribution in [2.24, 2.45) is 0 Å². The van der Waals surface area contributed by atoms with Gasteiger partial charge in [0.1, 0.15) is 5.75 Å². The number of H-pyrrole nitrogens is 1. The highest BCUT2D eigenvalue weighted by molar-refractivity contribution is 7.71. The van der Waals surface area contributed by atoms with Crippen LogP contribution < -0.4 is 9.47 Å². The molecule has 0 unspecified atom stereocenters. The van der Waals surface area contributed by atoms with Gasteiger partial charge in [0.25, 0.3) is 0 Å². The lowest BCUT2D eigenvalue weighted by molar-refractivity contribution is 0.405. The number of nitrogens with one attached hydrogen (secondary N) is 1.